The zero-order valence-corrected chi connectivity index (χ0v) is 10.3. The number of aromatic nitrogens is 1. The molecule has 1 aromatic heterocycles. The van der Waals surface area contributed by atoms with Crippen molar-refractivity contribution in [1.29, 1.82) is 5.26 Å². The third-order valence-corrected chi connectivity index (χ3v) is 2.63. The quantitative estimate of drug-likeness (QED) is 0.784. The van der Waals surface area contributed by atoms with Gasteiger partial charge in [0, 0.05) is 11.8 Å². The van der Waals surface area contributed by atoms with Crippen LogP contribution in [0.3, 0.4) is 0 Å². The van der Waals surface area contributed by atoms with Crippen LogP contribution >= 0.6 is 0 Å². The Morgan fingerprint density at radius 3 is 2.85 bits per heavy atom. The van der Waals surface area contributed by atoms with E-state index in [1.807, 2.05) is 6.07 Å². The lowest BCUT2D eigenvalue weighted by molar-refractivity contribution is 0.289. The zero-order chi connectivity index (χ0) is 14.5. The minimum atomic E-state index is -1.70. The first-order chi connectivity index (χ1) is 9.61. The molecule has 7 heteroatoms. The first kappa shape index (κ1) is 14.0. The first-order valence-electron chi connectivity index (χ1n) is 5.74. The van der Waals surface area contributed by atoms with E-state index in [2.05, 4.69) is 4.98 Å². The van der Waals surface area contributed by atoms with E-state index in [9.17, 15) is 4.39 Å². The summed E-state index contributed by atoms with van der Waals surface area (Å²) in [6.45, 7) is -0.0430. The van der Waals surface area contributed by atoms with E-state index >= 15 is 0 Å². The third-order valence-electron chi connectivity index (χ3n) is 2.63. The Hall–Kier alpha value is -2.43. The van der Waals surface area contributed by atoms with E-state index in [0.717, 1.165) is 6.07 Å². The number of nitrogens with zero attached hydrogens (tertiary/aromatic N) is 2. The second-order valence-corrected chi connectivity index (χ2v) is 3.98. The van der Waals surface area contributed by atoms with Crippen molar-refractivity contribution in [2.75, 3.05) is 0 Å². The molecule has 0 fully saturated rings. The summed E-state index contributed by atoms with van der Waals surface area (Å²) in [6.07, 6.45) is 1.48. The monoisotopic (exact) mass is 272 g/mol. The summed E-state index contributed by atoms with van der Waals surface area (Å²) in [5, 5.41) is 26.9. The highest BCUT2D eigenvalue weighted by atomic mass is 19.1. The fourth-order valence-electron chi connectivity index (χ4n) is 1.60. The fourth-order valence-corrected chi connectivity index (χ4v) is 1.60. The van der Waals surface area contributed by atoms with Gasteiger partial charge < -0.3 is 14.8 Å². The molecule has 20 heavy (non-hydrogen) atoms. The minimum Gasteiger partial charge on any atom is -0.486 e. The van der Waals surface area contributed by atoms with Gasteiger partial charge in [0.05, 0.1) is 0 Å². The molecule has 0 unspecified atom stereocenters. The number of halogens is 1. The molecule has 0 aliphatic rings. The van der Waals surface area contributed by atoms with Crippen LogP contribution in [0.5, 0.6) is 5.75 Å². The Kier molecular flexibility index (Phi) is 4.30. The molecule has 0 spiro atoms. The van der Waals surface area contributed by atoms with Gasteiger partial charge in [0.25, 0.3) is 0 Å². The van der Waals surface area contributed by atoms with E-state index in [4.69, 9.17) is 20.0 Å². The van der Waals surface area contributed by atoms with Gasteiger partial charge >= 0.3 is 7.12 Å². The van der Waals surface area contributed by atoms with Crippen molar-refractivity contribution in [3.05, 3.63) is 53.6 Å². The average molecular weight is 272 g/mol. The second kappa shape index (κ2) is 6.15. The van der Waals surface area contributed by atoms with Gasteiger partial charge in [-0.2, -0.15) is 5.26 Å². The number of rotatable bonds is 4. The average Bonchev–Trinajstić information content (AvgIpc) is 2.46. The van der Waals surface area contributed by atoms with Crippen molar-refractivity contribution in [3.63, 3.8) is 0 Å². The molecule has 1 heterocycles. The molecule has 0 aliphatic heterocycles. The summed E-state index contributed by atoms with van der Waals surface area (Å²) in [4.78, 5) is 3.86. The Labute approximate surface area is 115 Å². The standard InChI is InChI=1S/C13H10BFN2O3/c15-11-4-3-10(14(18)19)6-13(11)20-8-9-2-1-5-17-12(9)7-16/h1-6,18-19H,8H2. The molecule has 0 saturated heterocycles. The van der Waals surface area contributed by atoms with Crippen LogP contribution in [0.1, 0.15) is 11.3 Å². The lowest BCUT2D eigenvalue weighted by Gasteiger charge is -2.09. The van der Waals surface area contributed by atoms with Crippen molar-refractivity contribution in [3.8, 4) is 11.8 Å². The summed E-state index contributed by atoms with van der Waals surface area (Å²) < 4.78 is 18.8. The number of hydrogen-bond acceptors (Lipinski definition) is 5. The molecular formula is C13H10BFN2O3. The molecule has 0 aliphatic carbocycles. The predicted octanol–water partition coefficient (Wildman–Crippen LogP) is 0.351. The lowest BCUT2D eigenvalue weighted by atomic mass is 9.80. The van der Waals surface area contributed by atoms with Gasteiger partial charge in [0.15, 0.2) is 11.6 Å². The largest absolute Gasteiger partial charge is 0.488 e. The van der Waals surface area contributed by atoms with E-state index in [0.29, 0.717) is 5.56 Å². The molecule has 2 rings (SSSR count). The van der Waals surface area contributed by atoms with Crippen LogP contribution in [0.2, 0.25) is 0 Å². The van der Waals surface area contributed by atoms with Crippen LogP contribution < -0.4 is 10.2 Å². The Morgan fingerprint density at radius 1 is 1.35 bits per heavy atom. The van der Waals surface area contributed by atoms with Crippen LogP contribution in [0.4, 0.5) is 4.39 Å². The normalized spacial score (nSPS) is 9.90. The lowest BCUT2D eigenvalue weighted by Crippen LogP contribution is -2.29. The molecule has 0 saturated carbocycles. The van der Waals surface area contributed by atoms with Gasteiger partial charge in [-0.15, -0.1) is 0 Å². The Bertz CT molecular complexity index is 658. The van der Waals surface area contributed by atoms with Crippen molar-refractivity contribution >= 4 is 12.6 Å². The van der Waals surface area contributed by atoms with Crippen LogP contribution in [0.25, 0.3) is 0 Å². The van der Waals surface area contributed by atoms with Gasteiger partial charge in [-0.1, -0.05) is 12.1 Å². The van der Waals surface area contributed by atoms with Crippen LogP contribution in [-0.2, 0) is 6.61 Å². The molecule has 0 atom stereocenters. The molecule has 0 amide bonds. The summed E-state index contributed by atoms with van der Waals surface area (Å²) >= 11 is 0. The molecule has 0 radical (unpaired) electrons. The topological polar surface area (TPSA) is 86.4 Å². The van der Waals surface area contributed by atoms with Crippen molar-refractivity contribution in [2.45, 2.75) is 6.61 Å². The van der Waals surface area contributed by atoms with Gasteiger partial charge in [0.2, 0.25) is 0 Å². The summed E-state index contributed by atoms with van der Waals surface area (Å²) in [5.41, 5.74) is 0.837. The van der Waals surface area contributed by atoms with Gasteiger partial charge in [-0.3, -0.25) is 0 Å². The maximum atomic E-state index is 13.5. The predicted molar refractivity (Wildman–Crippen MR) is 69.5 cm³/mol. The van der Waals surface area contributed by atoms with Crippen molar-refractivity contribution in [1.82, 2.24) is 4.98 Å². The maximum Gasteiger partial charge on any atom is 0.488 e. The minimum absolute atomic E-state index is 0.0430. The number of pyridine rings is 1. The number of hydrogen-bond donors (Lipinski definition) is 2. The SMILES string of the molecule is N#Cc1ncccc1COc1cc(B(O)O)ccc1F. The third kappa shape index (κ3) is 3.12. The van der Waals surface area contributed by atoms with Gasteiger partial charge in [-0.05, 0) is 23.7 Å². The Morgan fingerprint density at radius 2 is 2.15 bits per heavy atom. The van der Waals surface area contributed by atoms with Crippen LogP contribution in [-0.4, -0.2) is 22.2 Å². The molecule has 5 nitrogen and oxygen atoms in total. The molecule has 1 aromatic carbocycles. The number of benzene rings is 1. The molecule has 0 bridgehead atoms. The van der Waals surface area contributed by atoms with E-state index in [1.165, 1.54) is 18.3 Å². The van der Waals surface area contributed by atoms with E-state index < -0.39 is 12.9 Å². The first-order valence-corrected chi connectivity index (χ1v) is 5.74. The number of nitriles is 1. The van der Waals surface area contributed by atoms with Crippen molar-refractivity contribution in [2.24, 2.45) is 0 Å². The molecular weight excluding hydrogens is 262 g/mol. The number of ether oxygens (including phenoxy) is 1. The summed E-state index contributed by atoms with van der Waals surface area (Å²) in [7, 11) is -1.70. The summed E-state index contributed by atoms with van der Waals surface area (Å²) in [6, 6.07) is 8.73. The second-order valence-electron chi connectivity index (χ2n) is 3.98. The van der Waals surface area contributed by atoms with Gasteiger partial charge in [-0.25, -0.2) is 9.37 Å². The smallest absolute Gasteiger partial charge is 0.486 e. The van der Waals surface area contributed by atoms with Crippen LogP contribution in [0, 0.1) is 17.1 Å². The van der Waals surface area contributed by atoms with E-state index in [-0.39, 0.29) is 23.5 Å². The maximum absolute atomic E-state index is 13.5. The zero-order valence-electron chi connectivity index (χ0n) is 10.3. The molecule has 100 valence electrons. The highest BCUT2D eigenvalue weighted by Crippen LogP contribution is 2.17. The Balaban J connectivity index is 2.19. The van der Waals surface area contributed by atoms with E-state index in [1.54, 1.807) is 12.1 Å². The highest BCUT2D eigenvalue weighted by molar-refractivity contribution is 6.58. The van der Waals surface area contributed by atoms with Gasteiger partial charge in [0.1, 0.15) is 18.4 Å². The van der Waals surface area contributed by atoms with Crippen LogP contribution in [0.15, 0.2) is 36.5 Å². The molecule has 2 N–H and O–H groups in total. The van der Waals surface area contributed by atoms with Crippen molar-refractivity contribution < 1.29 is 19.2 Å². The molecule has 2 aromatic rings. The fraction of sp³-hybridized carbons (Fsp3) is 0.0769. The highest BCUT2D eigenvalue weighted by Gasteiger charge is 2.14. The summed E-state index contributed by atoms with van der Waals surface area (Å²) in [5.74, 6) is -0.750.